The smallest absolute Gasteiger partial charge is 0.307 e. The largest absolute Gasteiger partial charge is 0.481 e. The maximum absolute atomic E-state index is 12.4. The molecule has 7 heteroatoms. The highest BCUT2D eigenvalue weighted by atomic mass is 32.2. The van der Waals surface area contributed by atoms with E-state index in [2.05, 4.69) is 0 Å². The summed E-state index contributed by atoms with van der Waals surface area (Å²) < 4.78 is 31.6. The molecule has 2 rings (SSSR count). The van der Waals surface area contributed by atoms with Crippen molar-refractivity contribution in [1.29, 1.82) is 0 Å². The average Bonchev–Trinajstić information content (AvgIpc) is 2.38. The summed E-state index contributed by atoms with van der Waals surface area (Å²) >= 11 is 0. The second-order valence-corrected chi connectivity index (χ2v) is 6.70. The first-order valence-corrected chi connectivity index (χ1v) is 7.76. The highest BCUT2D eigenvalue weighted by Gasteiger charge is 2.28. The third-order valence-electron chi connectivity index (χ3n) is 3.12. The number of sulfonamides is 1. The number of ether oxygens (including phenoxy) is 1. The maximum atomic E-state index is 12.4. The Morgan fingerprint density at radius 3 is 2.60 bits per heavy atom. The molecule has 0 radical (unpaired) electrons. The lowest BCUT2D eigenvalue weighted by atomic mass is 10.2. The van der Waals surface area contributed by atoms with Crippen LogP contribution in [-0.4, -0.2) is 49.6 Å². The number of aliphatic carboxylic acids is 1. The van der Waals surface area contributed by atoms with Crippen molar-refractivity contribution in [1.82, 2.24) is 4.31 Å². The van der Waals surface area contributed by atoms with Crippen LogP contribution >= 0.6 is 0 Å². The van der Waals surface area contributed by atoms with Crippen LogP contribution in [-0.2, 0) is 26.0 Å². The Bertz CT molecular complexity index is 581. The Labute approximate surface area is 118 Å². The molecule has 6 nitrogen and oxygen atoms in total. The first kappa shape index (κ1) is 15.0. The van der Waals surface area contributed by atoms with Crippen LogP contribution < -0.4 is 0 Å². The van der Waals surface area contributed by atoms with E-state index in [0.29, 0.717) is 25.3 Å². The molecule has 1 aliphatic rings. The van der Waals surface area contributed by atoms with Crippen LogP contribution in [0.4, 0.5) is 0 Å². The zero-order chi connectivity index (χ0) is 14.8. The van der Waals surface area contributed by atoms with Crippen LogP contribution in [0.3, 0.4) is 0 Å². The van der Waals surface area contributed by atoms with Gasteiger partial charge < -0.3 is 9.84 Å². The number of hydrogen-bond acceptors (Lipinski definition) is 4. The van der Waals surface area contributed by atoms with Crippen LogP contribution in [0.15, 0.2) is 29.2 Å². The van der Waals surface area contributed by atoms with Crippen LogP contribution in [0.5, 0.6) is 0 Å². The van der Waals surface area contributed by atoms with Gasteiger partial charge in [0.2, 0.25) is 10.0 Å². The minimum Gasteiger partial charge on any atom is -0.481 e. The fourth-order valence-electron chi connectivity index (χ4n) is 2.11. The molecule has 110 valence electrons. The van der Waals surface area contributed by atoms with Crippen LogP contribution in [0.1, 0.15) is 12.5 Å². The lowest BCUT2D eigenvalue weighted by Gasteiger charge is -2.30. The first-order chi connectivity index (χ1) is 9.39. The van der Waals surface area contributed by atoms with Gasteiger partial charge in [-0.25, -0.2) is 8.42 Å². The van der Waals surface area contributed by atoms with E-state index in [9.17, 15) is 13.2 Å². The normalized spacial score (nSPS) is 20.8. The average molecular weight is 299 g/mol. The van der Waals surface area contributed by atoms with E-state index in [1.165, 1.54) is 28.6 Å². The van der Waals surface area contributed by atoms with Gasteiger partial charge >= 0.3 is 5.97 Å². The molecule has 1 N–H and O–H groups in total. The van der Waals surface area contributed by atoms with Crippen molar-refractivity contribution < 1.29 is 23.1 Å². The van der Waals surface area contributed by atoms with Gasteiger partial charge in [-0.2, -0.15) is 4.31 Å². The highest BCUT2D eigenvalue weighted by molar-refractivity contribution is 7.89. The van der Waals surface area contributed by atoms with Gasteiger partial charge in [0.05, 0.1) is 24.0 Å². The summed E-state index contributed by atoms with van der Waals surface area (Å²) in [6.45, 7) is 2.89. The van der Waals surface area contributed by atoms with Gasteiger partial charge in [0.15, 0.2) is 0 Å². The lowest BCUT2D eigenvalue weighted by molar-refractivity contribution is -0.136. The van der Waals surface area contributed by atoms with Gasteiger partial charge in [-0.15, -0.1) is 0 Å². The number of rotatable bonds is 4. The SMILES string of the molecule is CC1CN(S(=O)(=O)c2ccc(CC(=O)O)cc2)CCO1. The van der Waals surface area contributed by atoms with Crippen molar-refractivity contribution >= 4 is 16.0 Å². The quantitative estimate of drug-likeness (QED) is 0.886. The number of carboxylic acid groups (broad SMARTS) is 1. The van der Waals surface area contributed by atoms with Crippen molar-refractivity contribution in [3.05, 3.63) is 29.8 Å². The molecule has 0 spiro atoms. The van der Waals surface area contributed by atoms with Gasteiger partial charge in [0.25, 0.3) is 0 Å². The number of carboxylic acids is 1. The fraction of sp³-hybridized carbons (Fsp3) is 0.462. The van der Waals surface area contributed by atoms with Crippen LogP contribution in [0.2, 0.25) is 0 Å². The van der Waals surface area contributed by atoms with Crippen molar-refractivity contribution in [2.45, 2.75) is 24.3 Å². The third kappa shape index (κ3) is 3.36. The second kappa shape index (κ2) is 5.90. The topological polar surface area (TPSA) is 83.9 Å². The molecule has 20 heavy (non-hydrogen) atoms. The maximum Gasteiger partial charge on any atom is 0.307 e. The molecule has 0 saturated carbocycles. The van der Waals surface area contributed by atoms with E-state index < -0.39 is 16.0 Å². The Kier molecular flexibility index (Phi) is 4.42. The minimum absolute atomic E-state index is 0.116. The third-order valence-corrected chi connectivity index (χ3v) is 5.00. The fourth-order valence-corrected chi connectivity index (χ4v) is 3.61. The van der Waals surface area contributed by atoms with E-state index in [-0.39, 0.29) is 17.4 Å². The van der Waals surface area contributed by atoms with Gasteiger partial charge in [-0.1, -0.05) is 12.1 Å². The minimum atomic E-state index is -3.53. The Hall–Kier alpha value is -1.44. The van der Waals surface area contributed by atoms with Gasteiger partial charge in [0, 0.05) is 13.1 Å². The Morgan fingerprint density at radius 1 is 1.40 bits per heavy atom. The second-order valence-electron chi connectivity index (χ2n) is 4.76. The van der Waals surface area contributed by atoms with Crippen LogP contribution in [0.25, 0.3) is 0 Å². The van der Waals surface area contributed by atoms with Gasteiger partial charge in [-0.3, -0.25) is 4.79 Å². The molecule has 1 atom stereocenters. The molecule has 1 aliphatic heterocycles. The molecule has 1 heterocycles. The number of benzene rings is 1. The zero-order valence-corrected chi connectivity index (χ0v) is 12.0. The summed E-state index contributed by atoms with van der Waals surface area (Å²) in [4.78, 5) is 10.8. The van der Waals surface area contributed by atoms with E-state index in [0.717, 1.165) is 0 Å². The van der Waals surface area contributed by atoms with Crippen molar-refractivity contribution in [2.75, 3.05) is 19.7 Å². The zero-order valence-electron chi connectivity index (χ0n) is 11.2. The summed E-state index contributed by atoms with van der Waals surface area (Å²) in [5, 5.41) is 8.69. The number of morpholine rings is 1. The lowest BCUT2D eigenvalue weighted by Crippen LogP contribution is -2.44. The molecule has 1 aromatic rings. The van der Waals surface area contributed by atoms with Gasteiger partial charge in [0.1, 0.15) is 0 Å². The molecule has 1 unspecified atom stereocenters. The van der Waals surface area contributed by atoms with Crippen molar-refractivity contribution in [3.8, 4) is 0 Å². The van der Waals surface area contributed by atoms with Crippen molar-refractivity contribution in [3.63, 3.8) is 0 Å². The Morgan fingerprint density at radius 2 is 2.05 bits per heavy atom. The summed E-state index contributed by atoms with van der Waals surface area (Å²) in [5.41, 5.74) is 0.576. The molecule has 1 fully saturated rings. The van der Waals surface area contributed by atoms with Crippen LogP contribution in [0, 0.1) is 0 Å². The first-order valence-electron chi connectivity index (χ1n) is 6.32. The van der Waals surface area contributed by atoms with Crippen molar-refractivity contribution in [2.24, 2.45) is 0 Å². The van der Waals surface area contributed by atoms with E-state index in [4.69, 9.17) is 9.84 Å². The highest BCUT2D eigenvalue weighted by Crippen LogP contribution is 2.19. The molecule has 0 aliphatic carbocycles. The summed E-state index contributed by atoms with van der Waals surface area (Å²) in [6, 6.07) is 5.97. The van der Waals surface area contributed by atoms with E-state index in [1.54, 1.807) is 0 Å². The number of nitrogens with zero attached hydrogens (tertiary/aromatic N) is 1. The molecule has 0 aromatic heterocycles. The standard InChI is InChI=1S/C13H17NO5S/c1-10-9-14(6-7-19-10)20(17,18)12-4-2-11(3-5-12)8-13(15)16/h2-5,10H,6-9H2,1H3,(H,15,16). The van der Waals surface area contributed by atoms with Gasteiger partial charge in [-0.05, 0) is 24.6 Å². The molecule has 0 amide bonds. The summed E-state index contributed by atoms with van der Waals surface area (Å²) in [6.07, 6.45) is -0.237. The summed E-state index contributed by atoms with van der Waals surface area (Å²) in [5.74, 6) is -0.942. The monoisotopic (exact) mass is 299 g/mol. The summed E-state index contributed by atoms with van der Waals surface area (Å²) in [7, 11) is -3.53. The molecule has 1 saturated heterocycles. The molecular weight excluding hydrogens is 282 g/mol. The number of hydrogen-bond donors (Lipinski definition) is 1. The van der Waals surface area contributed by atoms with E-state index >= 15 is 0 Å². The number of carbonyl (C=O) groups is 1. The molecule has 1 aromatic carbocycles. The predicted molar refractivity (Wildman–Crippen MR) is 72.0 cm³/mol. The molecular formula is C13H17NO5S. The predicted octanol–water partition coefficient (Wildman–Crippen LogP) is 0.723. The van der Waals surface area contributed by atoms with E-state index in [1.807, 2.05) is 6.92 Å². The Balaban J connectivity index is 2.19. The molecule has 0 bridgehead atoms.